The largest absolute Gasteiger partial charge is 0.395 e. The molecule has 0 radical (unpaired) electrons. The highest BCUT2D eigenvalue weighted by atomic mass is 16.3. The Hall–Kier alpha value is -0.900. The van der Waals surface area contributed by atoms with E-state index < -0.39 is 0 Å². The second-order valence-corrected chi connectivity index (χ2v) is 6.55. The molecule has 1 atom stereocenters. The summed E-state index contributed by atoms with van der Waals surface area (Å²) in [5, 5.41) is 12.7. The Morgan fingerprint density at radius 3 is 2.80 bits per heavy atom. The van der Waals surface area contributed by atoms with Crippen molar-refractivity contribution in [3.63, 3.8) is 0 Å². The molecule has 0 aromatic heterocycles. The van der Waals surface area contributed by atoms with Crippen molar-refractivity contribution in [1.29, 1.82) is 0 Å². The Morgan fingerprint density at radius 2 is 2.10 bits per heavy atom. The van der Waals surface area contributed by atoms with Crippen molar-refractivity contribution >= 4 is 0 Å². The Kier molecular flexibility index (Phi) is 3.85. The monoisotopic (exact) mass is 274 g/mol. The predicted molar refractivity (Wildman–Crippen MR) is 82.0 cm³/mol. The Bertz CT molecular complexity index is 480. The zero-order chi connectivity index (χ0) is 14.2. The van der Waals surface area contributed by atoms with Crippen LogP contribution in [0.3, 0.4) is 0 Å². The van der Waals surface area contributed by atoms with Gasteiger partial charge < -0.3 is 10.4 Å². The molecule has 110 valence electrons. The smallest absolute Gasteiger partial charge is 0.0558 e. The van der Waals surface area contributed by atoms with E-state index in [4.69, 9.17) is 0 Å². The number of hydrogen-bond acceptors (Lipinski definition) is 3. The second-order valence-electron chi connectivity index (χ2n) is 6.55. The number of piperidine rings is 1. The highest BCUT2D eigenvalue weighted by Gasteiger charge is 2.45. The van der Waals surface area contributed by atoms with Crippen LogP contribution in [0.25, 0.3) is 0 Å². The summed E-state index contributed by atoms with van der Waals surface area (Å²) in [4.78, 5) is 2.32. The fourth-order valence-electron chi connectivity index (χ4n) is 4.10. The maximum absolute atomic E-state index is 9.24. The van der Waals surface area contributed by atoms with Gasteiger partial charge in [0, 0.05) is 12.6 Å². The number of benzene rings is 1. The first kappa shape index (κ1) is 14.1. The highest BCUT2D eigenvalue weighted by Crippen LogP contribution is 2.51. The van der Waals surface area contributed by atoms with Crippen molar-refractivity contribution in [2.24, 2.45) is 0 Å². The quantitative estimate of drug-likeness (QED) is 0.885. The SMILES string of the molecule is Cc1ccc2c(c1)C1(CCNCC1)CC2N(C)CCO. The lowest BCUT2D eigenvalue weighted by molar-refractivity contribution is 0.158. The van der Waals surface area contributed by atoms with Crippen LogP contribution in [0.1, 0.15) is 42.0 Å². The molecule has 3 rings (SSSR count). The predicted octanol–water partition coefficient (Wildman–Crippen LogP) is 1.99. The van der Waals surface area contributed by atoms with E-state index in [1.807, 2.05) is 0 Å². The van der Waals surface area contributed by atoms with Crippen LogP contribution >= 0.6 is 0 Å². The first-order valence-corrected chi connectivity index (χ1v) is 7.79. The van der Waals surface area contributed by atoms with Crippen molar-refractivity contribution in [1.82, 2.24) is 10.2 Å². The van der Waals surface area contributed by atoms with Crippen molar-refractivity contribution in [2.45, 2.75) is 37.6 Å². The summed E-state index contributed by atoms with van der Waals surface area (Å²) in [5.74, 6) is 0. The summed E-state index contributed by atoms with van der Waals surface area (Å²) >= 11 is 0. The Balaban J connectivity index is 1.99. The van der Waals surface area contributed by atoms with Gasteiger partial charge in [-0.15, -0.1) is 0 Å². The van der Waals surface area contributed by atoms with Gasteiger partial charge in [0.2, 0.25) is 0 Å². The molecule has 20 heavy (non-hydrogen) atoms. The summed E-state index contributed by atoms with van der Waals surface area (Å²) < 4.78 is 0. The normalized spacial score (nSPS) is 24.3. The van der Waals surface area contributed by atoms with Crippen LogP contribution in [0.15, 0.2) is 18.2 Å². The average Bonchev–Trinajstić information content (AvgIpc) is 2.75. The van der Waals surface area contributed by atoms with E-state index in [1.165, 1.54) is 30.4 Å². The lowest BCUT2D eigenvalue weighted by Crippen LogP contribution is -2.39. The molecule has 1 aromatic rings. The molecular weight excluding hydrogens is 248 g/mol. The zero-order valence-electron chi connectivity index (χ0n) is 12.7. The van der Waals surface area contributed by atoms with Gasteiger partial charge in [-0.25, -0.2) is 0 Å². The molecule has 0 saturated carbocycles. The Morgan fingerprint density at radius 1 is 1.35 bits per heavy atom. The van der Waals surface area contributed by atoms with Crippen LogP contribution in [0.2, 0.25) is 0 Å². The number of fused-ring (bicyclic) bond motifs is 2. The number of hydrogen-bond donors (Lipinski definition) is 2. The van der Waals surface area contributed by atoms with Gasteiger partial charge in [-0.05, 0) is 62.9 Å². The number of aliphatic hydroxyl groups excluding tert-OH is 1. The molecule has 1 fully saturated rings. The molecule has 2 N–H and O–H groups in total. The van der Waals surface area contributed by atoms with Crippen LogP contribution in [0.4, 0.5) is 0 Å². The highest BCUT2D eigenvalue weighted by molar-refractivity contribution is 5.45. The minimum absolute atomic E-state index is 0.239. The second kappa shape index (κ2) is 5.47. The molecule has 1 unspecified atom stereocenters. The molecule has 1 aliphatic heterocycles. The van der Waals surface area contributed by atoms with Gasteiger partial charge in [0.1, 0.15) is 0 Å². The van der Waals surface area contributed by atoms with Crippen molar-refractivity contribution in [3.05, 3.63) is 34.9 Å². The van der Waals surface area contributed by atoms with E-state index in [0.717, 1.165) is 19.6 Å². The summed E-state index contributed by atoms with van der Waals surface area (Å²) in [6, 6.07) is 7.43. The molecular formula is C17H26N2O. The summed E-state index contributed by atoms with van der Waals surface area (Å²) in [6.45, 7) is 5.45. The van der Waals surface area contributed by atoms with Gasteiger partial charge in [0.15, 0.2) is 0 Å². The molecule has 3 heteroatoms. The van der Waals surface area contributed by atoms with E-state index in [2.05, 4.69) is 42.4 Å². The number of aryl methyl sites for hydroxylation is 1. The van der Waals surface area contributed by atoms with Gasteiger partial charge in [0.25, 0.3) is 0 Å². The number of likely N-dealkylation sites (N-methyl/N-ethyl adjacent to an activating group) is 1. The molecule has 1 heterocycles. The summed E-state index contributed by atoms with van der Waals surface area (Å²) in [6.07, 6.45) is 3.70. The minimum Gasteiger partial charge on any atom is -0.395 e. The first-order chi connectivity index (χ1) is 9.66. The number of aliphatic hydroxyl groups is 1. The third kappa shape index (κ3) is 2.28. The molecule has 1 saturated heterocycles. The van der Waals surface area contributed by atoms with Gasteiger partial charge in [0.05, 0.1) is 6.61 Å². The molecule has 1 aromatic carbocycles. The van der Waals surface area contributed by atoms with E-state index in [0.29, 0.717) is 11.5 Å². The van der Waals surface area contributed by atoms with E-state index >= 15 is 0 Å². The van der Waals surface area contributed by atoms with Crippen LogP contribution in [0, 0.1) is 6.92 Å². The average molecular weight is 274 g/mol. The summed E-state index contributed by atoms with van der Waals surface area (Å²) in [7, 11) is 2.14. The zero-order valence-corrected chi connectivity index (χ0v) is 12.7. The van der Waals surface area contributed by atoms with Crippen LogP contribution < -0.4 is 5.32 Å². The van der Waals surface area contributed by atoms with Crippen LogP contribution in [-0.4, -0.2) is 43.3 Å². The van der Waals surface area contributed by atoms with Crippen molar-refractivity contribution < 1.29 is 5.11 Å². The van der Waals surface area contributed by atoms with E-state index in [9.17, 15) is 5.11 Å². The van der Waals surface area contributed by atoms with Crippen molar-refractivity contribution in [2.75, 3.05) is 33.3 Å². The number of nitrogens with zero attached hydrogens (tertiary/aromatic N) is 1. The third-order valence-electron chi connectivity index (χ3n) is 5.27. The molecule has 0 bridgehead atoms. The molecule has 1 aliphatic carbocycles. The molecule has 1 spiro atoms. The molecule has 0 amide bonds. The van der Waals surface area contributed by atoms with E-state index in [-0.39, 0.29) is 6.61 Å². The van der Waals surface area contributed by atoms with E-state index in [1.54, 1.807) is 5.56 Å². The van der Waals surface area contributed by atoms with Crippen LogP contribution in [0.5, 0.6) is 0 Å². The standard InChI is InChI=1S/C17H26N2O/c1-13-3-4-14-15(11-13)17(5-7-18-8-6-17)12-16(14)19(2)9-10-20/h3-4,11,16,18,20H,5-10,12H2,1-2H3. The third-order valence-corrected chi connectivity index (χ3v) is 5.27. The van der Waals surface area contributed by atoms with Gasteiger partial charge in [-0.3, -0.25) is 4.90 Å². The van der Waals surface area contributed by atoms with Gasteiger partial charge >= 0.3 is 0 Å². The van der Waals surface area contributed by atoms with Gasteiger partial charge in [-0.2, -0.15) is 0 Å². The lowest BCUT2D eigenvalue weighted by Gasteiger charge is -2.36. The maximum Gasteiger partial charge on any atom is 0.0558 e. The number of nitrogens with one attached hydrogen (secondary N) is 1. The Labute approximate surface area is 122 Å². The first-order valence-electron chi connectivity index (χ1n) is 7.79. The molecule has 2 aliphatic rings. The maximum atomic E-state index is 9.24. The topological polar surface area (TPSA) is 35.5 Å². The fourth-order valence-corrected chi connectivity index (χ4v) is 4.10. The summed E-state index contributed by atoms with van der Waals surface area (Å²) in [5.41, 5.74) is 4.80. The van der Waals surface area contributed by atoms with Crippen LogP contribution in [-0.2, 0) is 5.41 Å². The van der Waals surface area contributed by atoms with Gasteiger partial charge in [-0.1, -0.05) is 23.8 Å². The minimum atomic E-state index is 0.239. The fraction of sp³-hybridized carbons (Fsp3) is 0.647. The lowest BCUT2D eigenvalue weighted by atomic mass is 9.74. The number of rotatable bonds is 3. The van der Waals surface area contributed by atoms with Crippen molar-refractivity contribution in [3.8, 4) is 0 Å². The molecule has 3 nitrogen and oxygen atoms in total.